The maximum Gasteiger partial charge on any atom is 0.227 e. The third-order valence-electron chi connectivity index (χ3n) is 2.74. The van der Waals surface area contributed by atoms with Gasteiger partial charge in [-0.2, -0.15) is 0 Å². The molecule has 0 fully saturated rings. The maximum atomic E-state index is 13.6. The van der Waals surface area contributed by atoms with Crippen molar-refractivity contribution in [3.63, 3.8) is 0 Å². The summed E-state index contributed by atoms with van der Waals surface area (Å²) in [6, 6.07) is 3.05. The van der Waals surface area contributed by atoms with E-state index >= 15 is 0 Å². The summed E-state index contributed by atoms with van der Waals surface area (Å²) in [7, 11) is 1.73. The molecule has 6 heteroatoms. The number of rotatable bonds is 5. The van der Waals surface area contributed by atoms with Crippen LogP contribution in [-0.2, 0) is 6.42 Å². The molecule has 20 heavy (non-hydrogen) atoms. The smallest absolute Gasteiger partial charge is 0.227 e. The van der Waals surface area contributed by atoms with Crippen molar-refractivity contribution in [2.45, 2.75) is 19.8 Å². The van der Waals surface area contributed by atoms with Crippen molar-refractivity contribution in [3.8, 4) is 11.6 Å². The molecule has 0 aliphatic carbocycles. The second kappa shape index (κ2) is 6.27. The summed E-state index contributed by atoms with van der Waals surface area (Å²) in [5, 5.41) is 2.93. The minimum atomic E-state index is -0.640. The molecule has 1 heterocycles. The lowest BCUT2D eigenvalue weighted by Crippen LogP contribution is -2.03. The highest BCUT2D eigenvalue weighted by Gasteiger charge is 2.14. The van der Waals surface area contributed by atoms with E-state index in [1.165, 1.54) is 6.33 Å². The van der Waals surface area contributed by atoms with Crippen LogP contribution in [0, 0.1) is 11.6 Å². The highest BCUT2D eigenvalue weighted by atomic mass is 19.1. The van der Waals surface area contributed by atoms with Gasteiger partial charge >= 0.3 is 0 Å². The first-order valence-electron chi connectivity index (χ1n) is 6.30. The van der Waals surface area contributed by atoms with E-state index in [1.54, 1.807) is 7.05 Å². The molecule has 4 nitrogen and oxygen atoms in total. The lowest BCUT2D eigenvalue weighted by molar-refractivity contribution is 0.416. The third-order valence-corrected chi connectivity index (χ3v) is 2.74. The summed E-state index contributed by atoms with van der Waals surface area (Å²) < 4.78 is 32.2. The molecule has 0 radical (unpaired) electrons. The Labute approximate surface area is 115 Å². The third kappa shape index (κ3) is 3.01. The van der Waals surface area contributed by atoms with E-state index in [1.807, 2.05) is 6.92 Å². The Morgan fingerprint density at radius 2 is 2.05 bits per heavy atom. The summed E-state index contributed by atoms with van der Waals surface area (Å²) in [5.74, 6) is -0.549. The molecule has 1 N–H and O–H groups in total. The van der Waals surface area contributed by atoms with Gasteiger partial charge in [-0.05, 0) is 18.6 Å². The fourth-order valence-electron chi connectivity index (χ4n) is 1.83. The molecule has 0 amide bonds. The first-order chi connectivity index (χ1) is 9.65. The standard InChI is InChI=1S/C14H15F2N3O/c1-3-4-10-13(17-2)18-8-19-14(10)20-12-7-9(15)5-6-11(12)16/h5-8H,3-4H2,1-2H3,(H,17,18,19). The molecule has 0 aliphatic heterocycles. The highest BCUT2D eigenvalue weighted by Crippen LogP contribution is 2.29. The average Bonchev–Trinajstić information content (AvgIpc) is 2.45. The normalized spacial score (nSPS) is 10.4. The van der Waals surface area contributed by atoms with Crippen molar-refractivity contribution in [3.05, 3.63) is 41.7 Å². The molecule has 106 valence electrons. The van der Waals surface area contributed by atoms with E-state index in [2.05, 4.69) is 15.3 Å². The maximum absolute atomic E-state index is 13.6. The monoisotopic (exact) mass is 279 g/mol. The van der Waals surface area contributed by atoms with Crippen LogP contribution in [0.15, 0.2) is 24.5 Å². The van der Waals surface area contributed by atoms with Crippen LogP contribution >= 0.6 is 0 Å². The first kappa shape index (κ1) is 14.2. The van der Waals surface area contributed by atoms with Gasteiger partial charge in [-0.3, -0.25) is 0 Å². The lowest BCUT2D eigenvalue weighted by atomic mass is 10.1. The molecule has 0 spiro atoms. The van der Waals surface area contributed by atoms with Crippen LogP contribution in [0.25, 0.3) is 0 Å². The predicted octanol–water partition coefficient (Wildman–Crippen LogP) is 3.54. The largest absolute Gasteiger partial charge is 0.435 e. The van der Waals surface area contributed by atoms with Crippen molar-refractivity contribution in [2.24, 2.45) is 0 Å². The zero-order valence-corrected chi connectivity index (χ0v) is 11.3. The Morgan fingerprint density at radius 3 is 2.75 bits per heavy atom. The van der Waals surface area contributed by atoms with Crippen molar-refractivity contribution >= 4 is 5.82 Å². The molecule has 0 saturated carbocycles. The second-order valence-electron chi connectivity index (χ2n) is 4.18. The minimum Gasteiger partial charge on any atom is -0.435 e. The Bertz CT molecular complexity index is 605. The molecule has 1 aromatic heterocycles. The van der Waals surface area contributed by atoms with E-state index in [-0.39, 0.29) is 11.6 Å². The molecular formula is C14H15F2N3O. The van der Waals surface area contributed by atoms with E-state index in [9.17, 15) is 8.78 Å². The molecule has 2 rings (SSSR count). The van der Waals surface area contributed by atoms with E-state index < -0.39 is 11.6 Å². The van der Waals surface area contributed by atoms with Gasteiger partial charge < -0.3 is 10.1 Å². The molecule has 0 aliphatic rings. The molecule has 2 aromatic rings. The second-order valence-corrected chi connectivity index (χ2v) is 4.18. The van der Waals surface area contributed by atoms with Crippen molar-refractivity contribution in [1.82, 2.24) is 9.97 Å². The number of anilines is 1. The quantitative estimate of drug-likeness (QED) is 0.909. The van der Waals surface area contributed by atoms with Gasteiger partial charge in [0.2, 0.25) is 5.88 Å². The van der Waals surface area contributed by atoms with Crippen LogP contribution in [0.2, 0.25) is 0 Å². The topological polar surface area (TPSA) is 47.0 Å². The lowest BCUT2D eigenvalue weighted by Gasteiger charge is -2.13. The van der Waals surface area contributed by atoms with Crippen molar-refractivity contribution in [1.29, 1.82) is 0 Å². The number of aromatic nitrogens is 2. The number of ether oxygens (including phenoxy) is 1. The molecule has 0 saturated heterocycles. The molecule has 1 aromatic carbocycles. The SMILES string of the molecule is CCCc1c(NC)ncnc1Oc1cc(F)ccc1F. The van der Waals surface area contributed by atoms with Crippen LogP contribution in [0.5, 0.6) is 11.6 Å². The molecular weight excluding hydrogens is 264 g/mol. The molecule has 0 atom stereocenters. The van der Waals surface area contributed by atoms with Gasteiger partial charge in [0, 0.05) is 13.1 Å². The average molecular weight is 279 g/mol. The Kier molecular flexibility index (Phi) is 4.45. The van der Waals surface area contributed by atoms with Gasteiger partial charge in [-0.25, -0.2) is 18.7 Å². The first-order valence-corrected chi connectivity index (χ1v) is 6.30. The Morgan fingerprint density at radius 1 is 1.25 bits per heavy atom. The summed E-state index contributed by atoms with van der Waals surface area (Å²) >= 11 is 0. The Balaban J connectivity index is 2.39. The summed E-state index contributed by atoms with van der Waals surface area (Å²) in [5.41, 5.74) is 0.737. The number of halogens is 2. The van der Waals surface area contributed by atoms with Gasteiger partial charge in [0.15, 0.2) is 11.6 Å². The van der Waals surface area contributed by atoms with Gasteiger partial charge in [0.25, 0.3) is 0 Å². The van der Waals surface area contributed by atoms with Crippen molar-refractivity contribution in [2.75, 3.05) is 12.4 Å². The Hall–Kier alpha value is -2.24. The van der Waals surface area contributed by atoms with E-state index in [4.69, 9.17) is 4.74 Å². The van der Waals surface area contributed by atoms with E-state index in [0.29, 0.717) is 12.2 Å². The van der Waals surface area contributed by atoms with E-state index in [0.717, 1.165) is 30.2 Å². The zero-order chi connectivity index (χ0) is 14.5. The predicted molar refractivity (Wildman–Crippen MR) is 72.0 cm³/mol. The van der Waals surface area contributed by atoms with Gasteiger partial charge in [-0.15, -0.1) is 0 Å². The fourth-order valence-corrected chi connectivity index (χ4v) is 1.83. The number of hydrogen-bond donors (Lipinski definition) is 1. The van der Waals surface area contributed by atoms with Gasteiger partial charge in [-0.1, -0.05) is 13.3 Å². The number of nitrogens with zero attached hydrogens (tertiary/aromatic N) is 2. The summed E-state index contributed by atoms with van der Waals surface area (Å²) in [4.78, 5) is 8.10. The number of benzene rings is 1. The van der Waals surface area contributed by atoms with Crippen molar-refractivity contribution < 1.29 is 13.5 Å². The van der Waals surface area contributed by atoms with Gasteiger partial charge in [0.05, 0.1) is 5.56 Å². The van der Waals surface area contributed by atoms with Crippen LogP contribution in [0.1, 0.15) is 18.9 Å². The van der Waals surface area contributed by atoms with Crippen LogP contribution in [0.4, 0.5) is 14.6 Å². The van der Waals surface area contributed by atoms with Crippen LogP contribution in [-0.4, -0.2) is 17.0 Å². The van der Waals surface area contributed by atoms with Crippen LogP contribution in [0.3, 0.4) is 0 Å². The molecule has 0 bridgehead atoms. The molecule has 0 unspecified atom stereocenters. The van der Waals surface area contributed by atoms with Crippen LogP contribution < -0.4 is 10.1 Å². The fraction of sp³-hybridized carbons (Fsp3) is 0.286. The summed E-state index contributed by atoms with van der Waals surface area (Å²) in [6.07, 6.45) is 2.84. The zero-order valence-electron chi connectivity index (χ0n) is 11.3. The highest BCUT2D eigenvalue weighted by molar-refractivity contribution is 5.49. The van der Waals surface area contributed by atoms with Gasteiger partial charge in [0.1, 0.15) is 18.0 Å². The minimum absolute atomic E-state index is 0.192. The number of hydrogen-bond acceptors (Lipinski definition) is 4. The number of nitrogens with one attached hydrogen (secondary N) is 1. The summed E-state index contributed by atoms with van der Waals surface area (Å²) in [6.45, 7) is 2.00.